The molecule has 0 saturated carbocycles. The van der Waals surface area contributed by atoms with Crippen molar-refractivity contribution in [3.63, 3.8) is 0 Å². The van der Waals surface area contributed by atoms with E-state index in [2.05, 4.69) is 36.3 Å². The number of hydrogen-bond donors (Lipinski definition) is 1. The molecule has 4 rings (SSSR count). The van der Waals surface area contributed by atoms with E-state index in [1.165, 1.54) is 0 Å². The molecule has 0 bridgehead atoms. The lowest BCUT2D eigenvalue weighted by Gasteiger charge is -2.33. The van der Waals surface area contributed by atoms with Crippen LogP contribution >= 0.6 is 12.4 Å². The van der Waals surface area contributed by atoms with Gasteiger partial charge in [-0.1, -0.05) is 36.4 Å². The molecule has 3 aromatic carbocycles. The zero-order valence-corrected chi connectivity index (χ0v) is 22.4. The Morgan fingerprint density at radius 1 is 0.944 bits per heavy atom. The first kappa shape index (κ1) is 27.6. The number of benzene rings is 3. The van der Waals surface area contributed by atoms with E-state index in [1.54, 1.807) is 6.92 Å². The van der Waals surface area contributed by atoms with Crippen molar-refractivity contribution in [2.45, 2.75) is 51.7 Å². The fourth-order valence-corrected chi connectivity index (χ4v) is 4.87. The van der Waals surface area contributed by atoms with E-state index in [0.717, 1.165) is 59.8 Å². The van der Waals surface area contributed by atoms with Crippen molar-refractivity contribution in [2.24, 2.45) is 0 Å². The molecule has 1 aliphatic heterocycles. The van der Waals surface area contributed by atoms with Crippen LogP contribution in [0.15, 0.2) is 72.8 Å². The summed E-state index contributed by atoms with van der Waals surface area (Å²) in [6, 6.07) is 24.1. The molecular formula is C30H37ClN2O3. The summed E-state index contributed by atoms with van der Waals surface area (Å²) in [7, 11) is 2.16. The SMILES string of the molecule is CC(=O)Nc1c(C2CCCN(C)C2)cc(C(C)Oc2ccccc2)cc1C(C)Oc1ccccc1.Cl. The molecule has 1 aliphatic rings. The van der Waals surface area contributed by atoms with Crippen molar-refractivity contribution in [1.82, 2.24) is 4.90 Å². The number of likely N-dealkylation sites (tertiary alicyclic amines) is 1. The van der Waals surface area contributed by atoms with Crippen LogP contribution in [-0.2, 0) is 4.79 Å². The molecule has 36 heavy (non-hydrogen) atoms. The number of carbonyl (C=O) groups is 1. The standard InChI is InChI=1S/C30H36N2O3.ClH/c1-21(34-26-13-7-5-8-14-26)25-18-28(22(2)35-27-15-9-6-10-16-27)30(31-23(3)33)29(19-25)24-12-11-17-32(4)20-24;/h5-10,13-16,18-19,21-22,24H,11-12,17,20H2,1-4H3,(H,31,33);1H. The molecule has 1 heterocycles. The van der Waals surface area contributed by atoms with Crippen LogP contribution in [0.1, 0.15) is 68.4 Å². The normalized spacial score (nSPS) is 17.4. The summed E-state index contributed by atoms with van der Waals surface area (Å²) in [6.45, 7) is 7.73. The number of amides is 1. The Balaban J connectivity index is 0.00000361. The molecule has 0 aliphatic carbocycles. The van der Waals surface area contributed by atoms with Crippen molar-refractivity contribution < 1.29 is 14.3 Å². The molecule has 5 nitrogen and oxygen atoms in total. The zero-order chi connectivity index (χ0) is 24.8. The number of rotatable bonds is 8. The number of halogens is 1. The van der Waals surface area contributed by atoms with E-state index in [9.17, 15) is 4.79 Å². The highest BCUT2D eigenvalue weighted by Crippen LogP contribution is 2.40. The van der Waals surface area contributed by atoms with Gasteiger partial charge in [0.2, 0.25) is 5.91 Å². The third-order valence-corrected chi connectivity index (χ3v) is 6.61. The van der Waals surface area contributed by atoms with Gasteiger partial charge in [-0.25, -0.2) is 0 Å². The summed E-state index contributed by atoms with van der Waals surface area (Å²) < 4.78 is 12.6. The van der Waals surface area contributed by atoms with Crippen LogP contribution in [0.4, 0.5) is 5.69 Å². The first-order chi connectivity index (χ1) is 16.9. The Morgan fingerprint density at radius 2 is 1.53 bits per heavy atom. The second kappa shape index (κ2) is 12.8. The summed E-state index contributed by atoms with van der Waals surface area (Å²) >= 11 is 0. The Labute approximate surface area is 221 Å². The average Bonchev–Trinajstić information content (AvgIpc) is 2.85. The highest BCUT2D eigenvalue weighted by atomic mass is 35.5. The van der Waals surface area contributed by atoms with Gasteiger partial charge in [0, 0.05) is 19.0 Å². The van der Waals surface area contributed by atoms with E-state index in [4.69, 9.17) is 9.47 Å². The Hall–Kier alpha value is -3.02. The molecule has 1 fully saturated rings. The van der Waals surface area contributed by atoms with Gasteiger partial charge in [-0.3, -0.25) is 4.79 Å². The van der Waals surface area contributed by atoms with Crippen molar-refractivity contribution in [1.29, 1.82) is 0 Å². The predicted molar refractivity (Wildman–Crippen MR) is 148 cm³/mol. The number of carbonyl (C=O) groups excluding carboxylic acids is 1. The fourth-order valence-electron chi connectivity index (χ4n) is 4.87. The van der Waals surface area contributed by atoms with E-state index < -0.39 is 0 Å². The predicted octanol–water partition coefficient (Wildman–Crippen LogP) is 7.16. The molecule has 1 saturated heterocycles. The van der Waals surface area contributed by atoms with Crippen LogP contribution in [0.3, 0.4) is 0 Å². The maximum Gasteiger partial charge on any atom is 0.221 e. The minimum Gasteiger partial charge on any atom is -0.486 e. The molecule has 3 unspecified atom stereocenters. The van der Waals surface area contributed by atoms with E-state index in [0.29, 0.717) is 5.92 Å². The highest BCUT2D eigenvalue weighted by molar-refractivity contribution is 5.91. The van der Waals surface area contributed by atoms with Gasteiger partial charge in [0.25, 0.3) is 0 Å². The molecule has 192 valence electrons. The van der Waals surface area contributed by atoms with Gasteiger partial charge >= 0.3 is 0 Å². The second-order valence-electron chi connectivity index (χ2n) is 9.50. The van der Waals surface area contributed by atoms with Gasteiger partial charge in [-0.05, 0) is 93.7 Å². The van der Waals surface area contributed by atoms with E-state index >= 15 is 0 Å². The summed E-state index contributed by atoms with van der Waals surface area (Å²) in [5, 5.41) is 3.16. The van der Waals surface area contributed by atoms with Gasteiger partial charge in [0.05, 0.1) is 5.69 Å². The molecule has 0 spiro atoms. The van der Waals surface area contributed by atoms with Crippen molar-refractivity contribution in [3.05, 3.63) is 89.5 Å². The summed E-state index contributed by atoms with van der Waals surface area (Å²) in [5.41, 5.74) is 4.07. The van der Waals surface area contributed by atoms with Gasteiger partial charge in [-0.2, -0.15) is 0 Å². The molecule has 0 radical (unpaired) electrons. The van der Waals surface area contributed by atoms with Crippen LogP contribution in [-0.4, -0.2) is 30.9 Å². The smallest absolute Gasteiger partial charge is 0.221 e. The molecule has 1 N–H and O–H groups in total. The summed E-state index contributed by atoms with van der Waals surface area (Å²) in [6.07, 6.45) is 1.79. The number of piperidine rings is 1. The number of nitrogens with zero attached hydrogens (tertiary/aromatic N) is 1. The lowest BCUT2D eigenvalue weighted by atomic mass is 9.85. The maximum absolute atomic E-state index is 12.3. The summed E-state index contributed by atoms with van der Waals surface area (Å²) in [4.78, 5) is 14.7. The fraction of sp³-hybridized carbons (Fsp3) is 0.367. The first-order valence-corrected chi connectivity index (χ1v) is 12.5. The topological polar surface area (TPSA) is 50.8 Å². The summed E-state index contributed by atoms with van der Waals surface area (Å²) in [5.74, 6) is 1.87. The van der Waals surface area contributed by atoms with Crippen LogP contribution in [0.25, 0.3) is 0 Å². The van der Waals surface area contributed by atoms with Crippen LogP contribution in [0.5, 0.6) is 11.5 Å². The number of hydrogen-bond acceptors (Lipinski definition) is 4. The Kier molecular flexibility index (Phi) is 9.80. The Bertz CT molecular complexity index is 1120. The first-order valence-electron chi connectivity index (χ1n) is 12.5. The van der Waals surface area contributed by atoms with Crippen LogP contribution in [0.2, 0.25) is 0 Å². The number of para-hydroxylation sites is 2. The number of anilines is 1. The van der Waals surface area contributed by atoms with Gasteiger partial charge in [0.1, 0.15) is 23.7 Å². The number of likely N-dealkylation sites (N-methyl/N-ethyl adjacent to an activating group) is 1. The molecule has 3 aromatic rings. The lowest BCUT2D eigenvalue weighted by Crippen LogP contribution is -2.31. The number of ether oxygens (including phenoxy) is 2. The van der Waals surface area contributed by atoms with Gasteiger partial charge < -0.3 is 19.7 Å². The quantitative estimate of drug-likeness (QED) is 0.351. The Morgan fingerprint density at radius 3 is 2.08 bits per heavy atom. The zero-order valence-electron chi connectivity index (χ0n) is 21.6. The van der Waals surface area contributed by atoms with Gasteiger partial charge in [0.15, 0.2) is 0 Å². The second-order valence-corrected chi connectivity index (χ2v) is 9.50. The minimum absolute atomic E-state index is 0. The van der Waals surface area contributed by atoms with Crippen molar-refractivity contribution in [2.75, 3.05) is 25.5 Å². The molecule has 6 heteroatoms. The van der Waals surface area contributed by atoms with Crippen molar-refractivity contribution in [3.8, 4) is 11.5 Å². The van der Waals surface area contributed by atoms with E-state index in [-0.39, 0.29) is 30.5 Å². The third kappa shape index (κ3) is 7.02. The van der Waals surface area contributed by atoms with E-state index in [1.807, 2.05) is 67.6 Å². The van der Waals surface area contributed by atoms with Crippen LogP contribution < -0.4 is 14.8 Å². The number of nitrogens with one attached hydrogen (secondary N) is 1. The van der Waals surface area contributed by atoms with Crippen LogP contribution in [0, 0.1) is 0 Å². The van der Waals surface area contributed by atoms with Gasteiger partial charge in [-0.15, -0.1) is 12.4 Å². The monoisotopic (exact) mass is 508 g/mol. The maximum atomic E-state index is 12.3. The largest absolute Gasteiger partial charge is 0.486 e. The molecule has 0 aromatic heterocycles. The molecular weight excluding hydrogens is 472 g/mol. The lowest BCUT2D eigenvalue weighted by molar-refractivity contribution is -0.114. The molecule has 1 amide bonds. The van der Waals surface area contributed by atoms with Crippen molar-refractivity contribution >= 4 is 24.0 Å². The highest BCUT2D eigenvalue weighted by Gasteiger charge is 2.27. The minimum atomic E-state index is -0.261. The molecule has 3 atom stereocenters. The average molecular weight is 509 g/mol. The third-order valence-electron chi connectivity index (χ3n) is 6.61.